The third-order valence-corrected chi connectivity index (χ3v) is 3.29. The summed E-state index contributed by atoms with van der Waals surface area (Å²) in [7, 11) is 0. The van der Waals surface area contributed by atoms with Crippen LogP contribution in [-0.4, -0.2) is 9.78 Å². The molecule has 2 rings (SSSR count). The smallest absolute Gasteiger partial charge is 0.123 e. The second-order valence-corrected chi connectivity index (χ2v) is 4.85. The molecule has 0 radical (unpaired) electrons. The van der Waals surface area contributed by atoms with Gasteiger partial charge in [0.25, 0.3) is 0 Å². The molecular formula is C12H13BrFN3. The largest absolute Gasteiger partial charge is 0.324 e. The van der Waals surface area contributed by atoms with Crippen LogP contribution in [0.1, 0.15) is 24.1 Å². The van der Waals surface area contributed by atoms with Crippen molar-refractivity contribution in [2.75, 3.05) is 0 Å². The quantitative estimate of drug-likeness (QED) is 0.947. The van der Waals surface area contributed by atoms with Crippen molar-refractivity contribution < 1.29 is 4.39 Å². The number of benzene rings is 1. The Morgan fingerprint density at radius 3 is 2.94 bits per heavy atom. The van der Waals surface area contributed by atoms with E-state index in [1.165, 1.54) is 12.1 Å². The van der Waals surface area contributed by atoms with Crippen LogP contribution in [0, 0.1) is 5.82 Å². The normalized spacial score (nSPS) is 12.7. The number of nitrogens with zero attached hydrogens (tertiary/aromatic N) is 2. The molecule has 0 aliphatic rings. The summed E-state index contributed by atoms with van der Waals surface area (Å²) in [5.41, 5.74) is 7.57. The molecule has 0 amide bonds. The predicted molar refractivity (Wildman–Crippen MR) is 68.0 cm³/mol. The average molecular weight is 298 g/mol. The fourth-order valence-electron chi connectivity index (χ4n) is 1.54. The van der Waals surface area contributed by atoms with Gasteiger partial charge in [-0.1, -0.05) is 15.9 Å². The number of hydrogen-bond acceptors (Lipinski definition) is 2. The summed E-state index contributed by atoms with van der Waals surface area (Å²) in [6.07, 6.45) is 3.61. The second-order valence-electron chi connectivity index (χ2n) is 4.00. The number of nitrogens with two attached hydrogens (primary N) is 1. The summed E-state index contributed by atoms with van der Waals surface area (Å²) >= 11 is 3.39. The first-order chi connectivity index (χ1) is 8.06. The van der Waals surface area contributed by atoms with E-state index in [4.69, 9.17) is 5.73 Å². The second kappa shape index (κ2) is 4.98. The van der Waals surface area contributed by atoms with Crippen molar-refractivity contribution in [2.45, 2.75) is 19.5 Å². The molecule has 0 spiro atoms. The minimum Gasteiger partial charge on any atom is -0.324 e. The molecule has 3 nitrogen and oxygen atoms in total. The molecule has 1 unspecified atom stereocenters. The van der Waals surface area contributed by atoms with E-state index in [1.54, 1.807) is 16.9 Å². The molecule has 1 heterocycles. The van der Waals surface area contributed by atoms with Gasteiger partial charge in [-0.3, -0.25) is 4.68 Å². The van der Waals surface area contributed by atoms with Gasteiger partial charge in [0, 0.05) is 22.3 Å². The lowest BCUT2D eigenvalue weighted by molar-refractivity contribution is 0.618. The van der Waals surface area contributed by atoms with Crippen LogP contribution >= 0.6 is 15.9 Å². The maximum Gasteiger partial charge on any atom is 0.123 e. The summed E-state index contributed by atoms with van der Waals surface area (Å²) in [4.78, 5) is 0. The first-order valence-corrected chi connectivity index (χ1v) is 6.07. The molecule has 2 aromatic rings. The highest BCUT2D eigenvalue weighted by atomic mass is 79.9. The topological polar surface area (TPSA) is 43.8 Å². The van der Waals surface area contributed by atoms with Gasteiger partial charge < -0.3 is 5.73 Å². The minimum atomic E-state index is -0.247. The molecule has 1 atom stereocenters. The summed E-state index contributed by atoms with van der Waals surface area (Å²) < 4.78 is 15.7. The third kappa shape index (κ3) is 2.92. The molecule has 0 fully saturated rings. The van der Waals surface area contributed by atoms with Crippen molar-refractivity contribution in [1.29, 1.82) is 0 Å². The molecule has 2 N–H and O–H groups in total. The zero-order valence-corrected chi connectivity index (χ0v) is 11.0. The highest BCUT2D eigenvalue weighted by molar-refractivity contribution is 9.10. The van der Waals surface area contributed by atoms with Crippen LogP contribution < -0.4 is 5.73 Å². The standard InChI is InChI=1S/C12H13BrFN3/c1-8(15)10-5-16-17(7-10)6-9-4-11(14)2-3-12(9)13/h2-5,7-8H,6,15H2,1H3. The minimum absolute atomic E-state index is 0.0419. The van der Waals surface area contributed by atoms with Crippen molar-refractivity contribution in [2.24, 2.45) is 5.73 Å². The van der Waals surface area contributed by atoms with E-state index in [2.05, 4.69) is 21.0 Å². The van der Waals surface area contributed by atoms with Gasteiger partial charge in [0.15, 0.2) is 0 Å². The highest BCUT2D eigenvalue weighted by Crippen LogP contribution is 2.19. The van der Waals surface area contributed by atoms with E-state index in [9.17, 15) is 4.39 Å². The number of halogens is 2. The fourth-order valence-corrected chi connectivity index (χ4v) is 1.91. The van der Waals surface area contributed by atoms with Crippen LogP contribution in [0.4, 0.5) is 4.39 Å². The maximum absolute atomic E-state index is 13.1. The van der Waals surface area contributed by atoms with Crippen molar-refractivity contribution in [3.05, 3.63) is 52.0 Å². The fraction of sp³-hybridized carbons (Fsp3) is 0.250. The van der Waals surface area contributed by atoms with Crippen LogP contribution in [0.3, 0.4) is 0 Å². The van der Waals surface area contributed by atoms with Gasteiger partial charge in [-0.05, 0) is 30.7 Å². The molecule has 17 heavy (non-hydrogen) atoms. The summed E-state index contributed by atoms with van der Waals surface area (Å²) in [6, 6.07) is 4.57. The van der Waals surface area contributed by atoms with Crippen LogP contribution in [0.5, 0.6) is 0 Å². The Hall–Kier alpha value is -1.20. The first-order valence-electron chi connectivity index (χ1n) is 5.28. The van der Waals surface area contributed by atoms with E-state index in [0.29, 0.717) is 6.54 Å². The molecule has 0 saturated carbocycles. The first kappa shape index (κ1) is 12.3. The molecule has 5 heteroatoms. The average Bonchev–Trinajstić information content (AvgIpc) is 2.72. The van der Waals surface area contributed by atoms with E-state index in [1.807, 2.05) is 13.1 Å². The van der Waals surface area contributed by atoms with Crippen LogP contribution in [0.15, 0.2) is 35.1 Å². The zero-order chi connectivity index (χ0) is 12.4. The lowest BCUT2D eigenvalue weighted by Crippen LogP contribution is -2.04. The number of hydrogen-bond donors (Lipinski definition) is 1. The van der Waals surface area contributed by atoms with Gasteiger partial charge >= 0.3 is 0 Å². The van der Waals surface area contributed by atoms with Crippen molar-refractivity contribution in [3.63, 3.8) is 0 Å². The Kier molecular flexibility index (Phi) is 3.59. The molecule has 0 aliphatic carbocycles. The Labute approximate surface area is 108 Å². The molecule has 0 saturated heterocycles. The molecule has 1 aromatic heterocycles. The van der Waals surface area contributed by atoms with Crippen molar-refractivity contribution in [3.8, 4) is 0 Å². The predicted octanol–water partition coefficient (Wildman–Crippen LogP) is 2.85. The SMILES string of the molecule is CC(N)c1cnn(Cc2cc(F)ccc2Br)c1. The molecule has 0 aliphatic heterocycles. The van der Waals surface area contributed by atoms with Gasteiger partial charge in [0.2, 0.25) is 0 Å². The molecular weight excluding hydrogens is 285 g/mol. The van der Waals surface area contributed by atoms with Crippen molar-refractivity contribution in [1.82, 2.24) is 9.78 Å². The third-order valence-electron chi connectivity index (χ3n) is 2.52. The van der Waals surface area contributed by atoms with Crippen LogP contribution in [-0.2, 0) is 6.54 Å². The Morgan fingerprint density at radius 1 is 1.53 bits per heavy atom. The number of aromatic nitrogens is 2. The van der Waals surface area contributed by atoms with Gasteiger partial charge in [0.1, 0.15) is 5.82 Å². The van der Waals surface area contributed by atoms with E-state index in [0.717, 1.165) is 15.6 Å². The zero-order valence-electron chi connectivity index (χ0n) is 9.40. The maximum atomic E-state index is 13.1. The Morgan fingerprint density at radius 2 is 2.29 bits per heavy atom. The number of rotatable bonds is 3. The van der Waals surface area contributed by atoms with E-state index in [-0.39, 0.29) is 11.9 Å². The lowest BCUT2D eigenvalue weighted by Gasteiger charge is -2.05. The van der Waals surface area contributed by atoms with Crippen molar-refractivity contribution >= 4 is 15.9 Å². The van der Waals surface area contributed by atoms with Crippen LogP contribution in [0.25, 0.3) is 0 Å². The summed E-state index contributed by atoms with van der Waals surface area (Å²) in [6.45, 7) is 2.42. The molecule has 90 valence electrons. The van der Waals surface area contributed by atoms with Crippen LogP contribution in [0.2, 0.25) is 0 Å². The molecule has 0 bridgehead atoms. The lowest BCUT2D eigenvalue weighted by atomic mass is 10.2. The van der Waals surface area contributed by atoms with E-state index >= 15 is 0 Å². The molecule has 1 aromatic carbocycles. The Bertz CT molecular complexity index is 522. The monoisotopic (exact) mass is 297 g/mol. The summed E-state index contributed by atoms with van der Waals surface area (Å²) in [5.74, 6) is -0.247. The van der Waals surface area contributed by atoms with E-state index < -0.39 is 0 Å². The Balaban J connectivity index is 2.22. The van der Waals surface area contributed by atoms with Gasteiger partial charge in [-0.2, -0.15) is 5.10 Å². The van der Waals surface area contributed by atoms with Gasteiger partial charge in [0.05, 0.1) is 12.7 Å². The van der Waals surface area contributed by atoms with Gasteiger partial charge in [-0.15, -0.1) is 0 Å². The summed E-state index contributed by atoms with van der Waals surface area (Å²) in [5, 5.41) is 4.20. The highest BCUT2D eigenvalue weighted by Gasteiger charge is 2.06. The van der Waals surface area contributed by atoms with Gasteiger partial charge in [-0.25, -0.2) is 4.39 Å².